The SMILES string of the molecule is CC1(C)CC(CCBr)C(C)(C)O1. The van der Waals surface area contributed by atoms with Crippen LogP contribution in [0.1, 0.15) is 40.5 Å². The van der Waals surface area contributed by atoms with Crippen molar-refractivity contribution in [2.45, 2.75) is 51.7 Å². The molecule has 1 aliphatic rings. The van der Waals surface area contributed by atoms with Gasteiger partial charge in [0.05, 0.1) is 11.2 Å². The van der Waals surface area contributed by atoms with E-state index >= 15 is 0 Å². The third kappa shape index (κ3) is 2.23. The normalized spacial score (nSPS) is 32.2. The highest BCUT2D eigenvalue weighted by molar-refractivity contribution is 9.09. The van der Waals surface area contributed by atoms with Gasteiger partial charge in [0.15, 0.2) is 0 Å². The van der Waals surface area contributed by atoms with E-state index in [9.17, 15) is 0 Å². The summed E-state index contributed by atoms with van der Waals surface area (Å²) in [4.78, 5) is 0. The van der Waals surface area contributed by atoms with Crippen molar-refractivity contribution in [1.29, 1.82) is 0 Å². The lowest BCUT2D eigenvalue weighted by atomic mass is 9.85. The van der Waals surface area contributed by atoms with Crippen LogP contribution in [-0.4, -0.2) is 16.5 Å². The molecule has 0 aliphatic carbocycles. The summed E-state index contributed by atoms with van der Waals surface area (Å²) in [5, 5.41) is 1.08. The van der Waals surface area contributed by atoms with Crippen molar-refractivity contribution in [3.8, 4) is 0 Å². The van der Waals surface area contributed by atoms with Crippen molar-refractivity contribution in [1.82, 2.24) is 0 Å². The molecule has 1 saturated heterocycles. The maximum Gasteiger partial charge on any atom is 0.0663 e. The maximum atomic E-state index is 5.98. The Labute approximate surface area is 84.0 Å². The second-order valence-corrected chi connectivity index (χ2v) is 5.64. The molecule has 72 valence electrons. The smallest absolute Gasteiger partial charge is 0.0663 e. The molecule has 1 nitrogen and oxygen atoms in total. The van der Waals surface area contributed by atoms with E-state index in [0.29, 0.717) is 5.92 Å². The summed E-state index contributed by atoms with van der Waals surface area (Å²) in [6, 6.07) is 0. The van der Waals surface area contributed by atoms with Gasteiger partial charge < -0.3 is 4.74 Å². The minimum atomic E-state index is 0.0667. The summed E-state index contributed by atoms with van der Waals surface area (Å²) in [6.45, 7) is 8.77. The molecule has 1 atom stereocenters. The average Bonchev–Trinajstić information content (AvgIpc) is 2.01. The van der Waals surface area contributed by atoms with Crippen LogP contribution >= 0.6 is 15.9 Å². The zero-order valence-electron chi connectivity index (χ0n) is 8.48. The Kier molecular flexibility index (Phi) is 2.89. The van der Waals surface area contributed by atoms with Gasteiger partial charge in [-0.15, -0.1) is 0 Å². The molecule has 1 fully saturated rings. The molecule has 2 heteroatoms. The molecular formula is C10H19BrO. The lowest BCUT2D eigenvalue weighted by molar-refractivity contribution is -0.0746. The highest BCUT2D eigenvalue weighted by atomic mass is 79.9. The van der Waals surface area contributed by atoms with Crippen LogP contribution in [0.3, 0.4) is 0 Å². The fourth-order valence-corrected chi connectivity index (χ4v) is 2.81. The molecule has 12 heavy (non-hydrogen) atoms. The van der Waals surface area contributed by atoms with Crippen LogP contribution < -0.4 is 0 Å². The van der Waals surface area contributed by atoms with Gasteiger partial charge in [0.2, 0.25) is 0 Å². The van der Waals surface area contributed by atoms with Crippen LogP contribution in [0, 0.1) is 5.92 Å². The van der Waals surface area contributed by atoms with Crippen molar-refractivity contribution in [3.63, 3.8) is 0 Å². The fraction of sp³-hybridized carbons (Fsp3) is 1.00. The first-order valence-corrected chi connectivity index (χ1v) is 5.76. The van der Waals surface area contributed by atoms with Crippen molar-refractivity contribution >= 4 is 15.9 Å². The molecule has 0 N–H and O–H groups in total. The molecule has 0 bridgehead atoms. The molecular weight excluding hydrogens is 216 g/mol. The monoisotopic (exact) mass is 234 g/mol. The van der Waals surface area contributed by atoms with Crippen LogP contribution in [-0.2, 0) is 4.74 Å². The van der Waals surface area contributed by atoms with Crippen molar-refractivity contribution in [3.05, 3.63) is 0 Å². The summed E-state index contributed by atoms with van der Waals surface area (Å²) in [5.41, 5.74) is 0.146. The van der Waals surface area contributed by atoms with E-state index in [4.69, 9.17) is 4.74 Å². The Morgan fingerprint density at radius 2 is 1.92 bits per heavy atom. The Morgan fingerprint density at radius 1 is 1.33 bits per heavy atom. The van der Waals surface area contributed by atoms with E-state index in [1.54, 1.807) is 0 Å². The fourth-order valence-electron chi connectivity index (χ4n) is 2.26. The standard InChI is InChI=1S/C10H19BrO/c1-9(2)7-8(5-6-11)10(3,4)12-9/h8H,5-7H2,1-4H3. The number of alkyl halides is 1. The number of rotatable bonds is 2. The summed E-state index contributed by atoms with van der Waals surface area (Å²) in [5.74, 6) is 0.701. The lowest BCUT2D eigenvalue weighted by Crippen LogP contribution is -2.29. The van der Waals surface area contributed by atoms with Crippen LogP contribution in [0.4, 0.5) is 0 Å². The molecule has 0 saturated carbocycles. The summed E-state index contributed by atoms with van der Waals surface area (Å²) in [6.07, 6.45) is 2.40. The molecule has 1 unspecified atom stereocenters. The first kappa shape index (κ1) is 10.5. The molecule has 0 radical (unpaired) electrons. The third-order valence-electron chi connectivity index (χ3n) is 2.72. The Balaban J connectivity index is 2.64. The number of hydrogen-bond acceptors (Lipinski definition) is 1. The van der Waals surface area contributed by atoms with Gasteiger partial charge in [0, 0.05) is 5.33 Å². The van der Waals surface area contributed by atoms with Gasteiger partial charge in [-0.3, -0.25) is 0 Å². The zero-order valence-corrected chi connectivity index (χ0v) is 10.1. The highest BCUT2D eigenvalue weighted by Gasteiger charge is 2.44. The molecule has 0 aromatic rings. The van der Waals surface area contributed by atoms with E-state index < -0.39 is 0 Å². The van der Waals surface area contributed by atoms with Gasteiger partial charge >= 0.3 is 0 Å². The summed E-state index contributed by atoms with van der Waals surface area (Å²) < 4.78 is 5.98. The third-order valence-corrected chi connectivity index (χ3v) is 3.18. The van der Waals surface area contributed by atoms with Gasteiger partial charge in [-0.1, -0.05) is 15.9 Å². The largest absolute Gasteiger partial charge is 0.369 e. The lowest BCUT2D eigenvalue weighted by Gasteiger charge is -2.27. The molecule has 0 amide bonds. The average molecular weight is 235 g/mol. The van der Waals surface area contributed by atoms with Gasteiger partial charge in [-0.2, -0.15) is 0 Å². The van der Waals surface area contributed by atoms with Crippen LogP contribution in [0.15, 0.2) is 0 Å². The first-order valence-electron chi connectivity index (χ1n) is 4.63. The zero-order chi connectivity index (χ0) is 9.41. The predicted octanol–water partition coefficient (Wildman–Crippen LogP) is 3.37. The minimum absolute atomic E-state index is 0.0667. The Hall–Kier alpha value is 0.440. The molecule has 1 rings (SSSR count). The highest BCUT2D eigenvalue weighted by Crippen LogP contribution is 2.43. The molecule has 0 aromatic heterocycles. The predicted molar refractivity (Wildman–Crippen MR) is 55.8 cm³/mol. The summed E-state index contributed by atoms with van der Waals surface area (Å²) in [7, 11) is 0. The van der Waals surface area contributed by atoms with E-state index in [1.807, 2.05) is 0 Å². The van der Waals surface area contributed by atoms with E-state index in [1.165, 1.54) is 12.8 Å². The van der Waals surface area contributed by atoms with Gasteiger partial charge in [-0.25, -0.2) is 0 Å². The number of halogens is 1. The Bertz CT molecular complexity index is 163. The Morgan fingerprint density at radius 3 is 2.25 bits per heavy atom. The van der Waals surface area contributed by atoms with Gasteiger partial charge in [0.25, 0.3) is 0 Å². The maximum absolute atomic E-state index is 5.98. The topological polar surface area (TPSA) is 9.23 Å². The van der Waals surface area contributed by atoms with Crippen molar-refractivity contribution < 1.29 is 4.74 Å². The quantitative estimate of drug-likeness (QED) is 0.667. The molecule has 1 aliphatic heterocycles. The van der Waals surface area contributed by atoms with E-state index in [-0.39, 0.29) is 11.2 Å². The van der Waals surface area contributed by atoms with Crippen LogP contribution in [0.25, 0.3) is 0 Å². The van der Waals surface area contributed by atoms with E-state index in [2.05, 4.69) is 43.6 Å². The molecule has 0 spiro atoms. The summed E-state index contributed by atoms with van der Waals surface area (Å²) >= 11 is 3.49. The van der Waals surface area contributed by atoms with Crippen LogP contribution in [0.5, 0.6) is 0 Å². The minimum Gasteiger partial charge on any atom is -0.369 e. The molecule has 1 heterocycles. The van der Waals surface area contributed by atoms with Crippen LogP contribution in [0.2, 0.25) is 0 Å². The van der Waals surface area contributed by atoms with Crippen molar-refractivity contribution in [2.24, 2.45) is 5.92 Å². The van der Waals surface area contributed by atoms with Gasteiger partial charge in [-0.05, 0) is 46.5 Å². The number of ether oxygens (including phenoxy) is 1. The second kappa shape index (κ2) is 3.30. The van der Waals surface area contributed by atoms with E-state index in [0.717, 1.165) is 5.33 Å². The van der Waals surface area contributed by atoms with Gasteiger partial charge in [0.1, 0.15) is 0 Å². The van der Waals surface area contributed by atoms with Crippen molar-refractivity contribution in [2.75, 3.05) is 5.33 Å². The number of hydrogen-bond donors (Lipinski definition) is 0. The molecule has 0 aromatic carbocycles. The second-order valence-electron chi connectivity index (χ2n) is 4.84. The first-order chi connectivity index (χ1) is 5.37.